The number of anilines is 2. The van der Waals surface area contributed by atoms with Gasteiger partial charge in [-0.25, -0.2) is 8.42 Å². The highest BCUT2D eigenvalue weighted by molar-refractivity contribution is 7.92. The second kappa shape index (κ2) is 7.00. The number of rotatable bonds is 5. The Kier molecular flexibility index (Phi) is 4.53. The number of sulfonamides is 1. The van der Waals surface area contributed by atoms with Gasteiger partial charge in [0.15, 0.2) is 0 Å². The van der Waals surface area contributed by atoms with E-state index in [1.165, 1.54) is 4.31 Å². The lowest BCUT2D eigenvalue weighted by atomic mass is 10.2. The van der Waals surface area contributed by atoms with Gasteiger partial charge in [0.2, 0.25) is 15.9 Å². The van der Waals surface area contributed by atoms with Crippen LogP contribution in [0.25, 0.3) is 10.9 Å². The number of pyridine rings is 1. The number of carbonyl (C=O) groups is 1. The fraction of sp³-hybridized carbons (Fsp3) is 0.200. The SMILES string of the molecule is O=C(CCS(=O)(=O)N1CCc2ccccc21)Nc1cccc2cccnc12. The van der Waals surface area contributed by atoms with Gasteiger partial charge in [0.05, 0.1) is 22.6 Å². The standard InChI is InChI=1S/C20H19N3O3S/c24-19(22-17-8-3-6-16-7-4-12-21-20(16)17)11-14-27(25,26)23-13-10-15-5-1-2-9-18(15)23/h1-9,12H,10-11,13-14H2,(H,22,24). The predicted octanol–water partition coefficient (Wildman–Crippen LogP) is 2.96. The minimum absolute atomic E-state index is 0.107. The lowest BCUT2D eigenvalue weighted by Crippen LogP contribution is -2.32. The average molecular weight is 381 g/mol. The van der Waals surface area contributed by atoms with Crippen molar-refractivity contribution in [2.75, 3.05) is 21.9 Å². The Hall–Kier alpha value is -2.93. The lowest BCUT2D eigenvalue weighted by Gasteiger charge is -2.19. The van der Waals surface area contributed by atoms with Crippen molar-refractivity contribution in [2.45, 2.75) is 12.8 Å². The first-order valence-electron chi connectivity index (χ1n) is 8.76. The largest absolute Gasteiger partial charge is 0.324 e. The molecule has 2 heterocycles. The molecule has 0 fully saturated rings. The zero-order valence-corrected chi connectivity index (χ0v) is 15.4. The van der Waals surface area contributed by atoms with Gasteiger partial charge in [0, 0.05) is 24.5 Å². The van der Waals surface area contributed by atoms with Crippen molar-refractivity contribution < 1.29 is 13.2 Å². The van der Waals surface area contributed by atoms with E-state index in [2.05, 4.69) is 10.3 Å². The van der Waals surface area contributed by atoms with Crippen LogP contribution >= 0.6 is 0 Å². The first-order valence-corrected chi connectivity index (χ1v) is 10.4. The highest BCUT2D eigenvalue weighted by Crippen LogP contribution is 2.30. The minimum Gasteiger partial charge on any atom is -0.324 e. The Morgan fingerprint density at radius 2 is 1.89 bits per heavy atom. The molecule has 0 aliphatic carbocycles. The van der Waals surface area contributed by atoms with E-state index < -0.39 is 10.0 Å². The highest BCUT2D eigenvalue weighted by atomic mass is 32.2. The molecule has 0 unspecified atom stereocenters. The molecular weight excluding hydrogens is 362 g/mol. The molecule has 4 rings (SSSR count). The molecule has 0 saturated heterocycles. The normalized spacial score (nSPS) is 13.6. The number of amides is 1. The maximum absolute atomic E-state index is 12.7. The number of fused-ring (bicyclic) bond motifs is 2. The first-order chi connectivity index (χ1) is 13.0. The van der Waals surface area contributed by atoms with Crippen LogP contribution in [0, 0.1) is 0 Å². The molecule has 138 valence electrons. The molecule has 1 aromatic heterocycles. The van der Waals surface area contributed by atoms with Crippen molar-refractivity contribution in [1.29, 1.82) is 0 Å². The van der Waals surface area contributed by atoms with E-state index in [0.29, 0.717) is 24.2 Å². The zero-order valence-electron chi connectivity index (χ0n) is 14.6. The monoisotopic (exact) mass is 381 g/mol. The van der Waals surface area contributed by atoms with Crippen LogP contribution in [0.1, 0.15) is 12.0 Å². The summed E-state index contributed by atoms with van der Waals surface area (Å²) in [6, 6.07) is 16.7. The second-order valence-electron chi connectivity index (χ2n) is 6.45. The van der Waals surface area contributed by atoms with Crippen molar-refractivity contribution in [2.24, 2.45) is 0 Å². The molecule has 27 heavy (non-hydrogen) atoms. The van der Waals surface area contributed by atoms with Crippen molar-refractivity contribution in [3.8, 4) is 0 Å². The summed E-state index contributed by atoms with van der Waals surface area (Å²) in [7, 11) is -3.55. The smallest absolute Gasteiger partial charge is 0.235 e. The van der Waals surface area contributed by atoms with Gasteiger partial charge in [-0.1, -0.05) is 36.4 Å². The molecule has 3 aromatic rings. The number of para-hydroxylation sites is 2. The van der Waals surface area contributed by atoms with Crippen LogP contribution in [0.4, 0.5) is 11.4 Å². The van der Waals surface area contributed by atoms with Gasteiger partial charge in [0.1, 0.15) is 0 Å². The molecule has 1 aliphatic heterocycles. The molecule has 0 bridgehead atoms. The lowest BCUT2D eigenvalue weighted by molar-refractivity contribution is -0.115. The van der Waals surface area contributed by atoms with E-state index in [1.807, 2.05) is 48.5 Å². The van der Waals surface area contributed by atoms with E-state index in [4.69, 9.17) is 0 Å². The average Bonchev–Trinajstić information content (AvgIpc) is 3.12. The quantitative estimate of drug-likeness (QED) is 0.737. The number of carbonyl (C=O) groups excluding carboxylic acids is 1. The van der Waals surface area contributed by atoms with Crippen molar-refractivity contribution in [3.63, 3.8) is 0 Å². The predicted molar refractivity (Wildman–Crippen MR) is 106 cm³/mol. The first kappa shape index (κ1) is 17.5. The van der Waals surface area contributed by atoms with Gasteiger partial charge in [0.25, 0.3) is 0 Å². The number of aromatic nitrogens is 1. The van der Waals surface area contributed by atoms with Crippen LogP contribution in [0.3, 0.4) is 0 Å². The molecule has 0 spiro atoms. The zero-order chi connectivity index (χ0) is 18.9. The van der Waals surface area contributed by atoms with Crippen LogP contribution in [-0.4, -0.2) is 31.6 Å². The van der Waals surface area contributed by atoms with Gasteiger partial charge in [-0.05, 0) is 30.2 Å². The maximum atomic E-state index is 12.7. The summed E-state index contributed by atoms with van der Waals surface area (Å²) < 4.78 is 26.8. The van der Waals surface area contributed by atoms with Crippen molar-refractivity contribution in [1.82, 2.24) is 4.98 Å². The molecule has 0 radical (unpaired) electrons. The molecule has 1 N–H and O–H groups in total. The van der Waals surface area contributed by atoms with Crippen LogP contribution in [0.15, 0.2) is 60.8 Å². The van der Waals surface area contributed by atoms with Gasteiger partial charge < -0.3 is 5.32 Å². The van der Waals surface area contributed by atoms with E-state index in [-0.39, 0.29) is 18.1 Å². The number of hydrogen-bond acceptors (Lipinski definition) is 4. The van der Waals surface area contributed by atoms with E-state index in [0.717, 1.165) is 16.6 Å². The summed E-state index contributed by atoms with van der Waals surface area (Å²) in [5, 5.41) is 3.70. The number of hydrogen-bond donors (Lipinski definition) is 1. The van der Waals surface area contributed by atoms with Gasteiger partial charge >= 0.3 is 0 Å². The van der Waals surface area contributed by atoms with Crippen LogP contribution in [0.5, 0.6) is 0 Å². The van der Waals surface area contributed by atoms with E-state index in [9.17, 15) is 13.2 Å². The van der Waals surface area contributed by atoms with Gasteiger partial charge in [-0.3, -0.25) is 14.1 Å². The van der Waals surface area contributed by atoms with Gasteiger partial charge in [-0.15, -0.1) is 0 Å². The number of nitrogens with zero attached hydrogens (tertiary/aromatic N) is 2. The molecule has 2 aromatic carbocycles. The van der Waals surface area contributed by atoms with Crippen molar-refractivity contribution >= 4 is 38.2 Å². The maximum Gasteiger partial charge on any atom is 0.235 e. The fourth-order valence-corrected chi connectivity index (χ4v) is 4.86. The fourth-order valence-electron chi connectivity index (χ4n) is 3.35. The van der Waals surface area contributed by atoms with Crippen LogP contribution < -0.4 is 9.62 Å². The second-order valence-corrected chi connectivity index (χ2v) is 8.46. The third-order valence-corrected chi connectivity index (χ3v) is 6.45. The number of nitrogens with one attached hydrogen (secondary N) is 1. The van der Waals surface area contributed by atoms with E-state index in [1.54, 1.807) is 12.3 Å². The molecule has 0 saturated carbocycles. The Balaban J connectivity index is 1.45. The summed E-state index contributed by atoms with van der Waals surface area (Å²) in [4.78, 5) is 16.6. The molecule has 1 aliphatic rings. The Bertz CT molecular complexity index is 1110. The summed E-state index contributed by atoms with van der Waals surface area (Å²) in [5.41, 5.74) is 3.01. The molecule has 0 atom stereocenters. The van der Waals surface area contributed by atoms with Crippen LogP contribution in [0.2, 0.25) is 0 Å². The molecule has 6 nitrogen and oxygen atoms in total. The highest BCUT2D eigenvalue weighted by Gasteiger charge is 2.29. The summed E-state index contributed by atoms with van der Waals surface area (Å²) in [6.45, 7) is 0.427. The summed E-state index contributed by atoms with van der Waals surface area (Å²) in [5.74, 6) is -0.574. The van der Waals surface area contributed by atoms with Crippen molar-refractivity contribution in [3.05, 3.63) is 66.4 Å². The Morgan fingerprint density at radius 1 is 1.07 bits per heavy atom. The number of benzene rings is 2. The topological polar surface area (TPSA) is 79.4 Å². The van der Waals surface area contributed by atoms with Gasteiger partial charge in [-0.2, -0.15) is 0 Å². The molecule has 7 heteroatoms. The van der Waals surface area contributed by atoms with Crippen LogP contribution in [-0.2, 0) is 21.2 Å². The minimum atomic E-state index is -3.55. The Labute approximate surface area is 157 Å². The van der Waals surface area contributed by atoms with E-state index >= 15 is 0 Å². The summed E-state index contributed by atoms with van der Waals surface area (Å²) in [6.07, 6.45) is 2.25. The third-order valence-electron chi connectivity index (χ3n) is 4.67. The molecular formula is C20H19N3O3S. The third kappa shape index (κ3) is 3.50. The molecule has 1 amide bonds. The Morgan fingerprint density at radius 3 is 2.78 bits per heavy atom. The summed E-state index contributed by atoms with van der Waals surface area (Å²) >= 11 is 0.